The lowest BCUT2D eigenvalue weighted by molar-refractivity contribution is 0.0851. The number of piperidine rings is 1. The molecule has 2 rings (SSSR count). The highest BCUT2D eigenvalue weighted by molar-refractivity contribution is 4.87. The van der Waals surface area contributed by atoms with E-state index in [4.69, 9.17) is 0 Å². The molecule has 2 heteroatoms. The first-order chi connectivity index (χ1) is 6.17. The Labute approximate surface area is 81.7 Å². The zero-order chi connectivity index (χ0) is 9.31. The summed E-state index contributed by atoms with van der Waals surface area (Å²) in [5.41, 5.74) is 0.556. The lowest BCUT2D eigenvalue weighted by atomic mass is 9.83. The highest BCUT2D eigenvalue weighted by Crippen LogP contribution is 2.30. The molecule has 0 aromatic rings. The van der Waals surface area contributed by atoms with E-state index in [-0.39, 0.29) is 0 Å². The van der Waals surface area contributed by atoms with Crippen LogP contribution in [0.4, 0.5) is 0 Å². The van der Waals surface area contributed by atoms with Crippen molar-refractivity contribution in [1.82, 2.24) is 10.2 Å². The lowest BCUT2D eigenvalue weighted by Gasteiger charge is -2.41. The second-order valence-electron chi connectivity index (χ2n) is 5.38. The monoisotopic (exact) mass is 182 g/mol. The van der Waals surface area contributed by atoms with Crippen LogP contribution in [0.25, 0.3) is 0 Å². The Morgan fingerprint density at radius 3 is 2.85 bits per heavy atom. The van der Waals surface area contributed by atoms with E-state index in [0.29, 0.717) is 5.41 Å². The van der Waals surface area contributed by atoms with Crippen molar-refractivity contribution in [2.24, 2.45) is 5.41 Å². The van der Waals surface area contributed by atoms with Gasteiger partial charge in [-0.2, -0.15) is 0 Å². The van der Waals surface area contributed by atoms with Gasteiger partial charge in [-0.15, -0.1) is 0 Å². The SMILES string of the molecule is CC1(C)CCCN(C2CCNC2)C1. The molecule has 2 aliphatic heterocycles. The average molecular weight is 182 g/mol. The molecule has 2 heterocycles. The number of hydrogen-bond donors (Lipinski definition) is 1. The van der Waals surface area contributed by atoms with Gasteiger partial charge in [0.25, 0.3) is 0 Å². The first kappa shape index (κ1) is 9.47. The van der Waals surface area contributed by atoms with E-state index in [2.05, 4.69) is 24.1 Å². The fourth-order valence-electron chi connectivity index (χ4n) is 2.73. The number of hydrogen-bond acceptors (Lipinski definition) is 2. The molecule has 2 nitrogen and oxygen atoms in total. The van der Waals surface area contributed by atoms with E-state index in [1.54, 1.807) is 0 Å². The summed E-state index contributed by atoms with van der Waals surface area (Å²) in [5.74, 6) is 0. The van der Waals surface area contributed by atoms with Gasteiger partial charge in [0, 0.05) is 19.1 Å². The molecule has 0 saturated carbocycles. The maximum Gasteiger partial charge on any atom is 0.0232 e. The summed E-state index contributed by atoms with van der Waals surface area (Å²) in [6, 6.07) is 0.833. The fraction of sp³-hybridized carbons (Fsp3) is 1.00. The van der Waals surface area contributed by atoms with Crippen LogP contribution < -0.4 is 5.32 Å². The molecule has 2 fully saturated rings. The summed E-state index contributed by atoms with van der Waals surface area (Å²) in [6.45, 7) is 9.88. The molecular formula is C11H22N2. The molecule has 0 aromatic heterocycles. The molecule has 76 valence electrons. The molecule has 0 amide bonds. The van der Waals surface area contributed by atoms with Gasteiger partial charge in [-0.1, -0.05) is 13.8 Å². The molecule has 13 heavy (non-hydrogen) atoms. The van der Waals surface area contributed by atoms with Crippen LogP contribution in [0.1, 0.15) is 33.1 Å². The molecule has 0 bridgehead atoms. The zero-order valence-corrected chi connectivity index (χ0v) is 8.97. The number of likely N-dealkylation sites (tertiary alicyclic amines) is 1. The highest BCUT2D eigenvalue weighted by Gasteiger charge is 2.31. The normalized spacial score (nSPS) is 35.1. The molecular weight excluding hydrogens is 160 g/mol. The fourth-order valence-corrected chi connectivity index (χ4v) is 2.73. The van der Waals surface area contributed by atoms with Gasteiger partial charge in [0.15, 0.2) is 0 Å². The van der Waals surface area contributed by atoms with E-state index in [1.807, 2.05) is 0 Å². The average Bonchev–Trinajstić information content (AvgIpc) is 2.53. The maximum absolute atomic E-state index is 3.46. The molecule has 1 unspecified atom stereocenters. The highest BCUT2D eigenvalue weighted by atomic mass is 15.2. The van der Waals surface area contributed by atoms with Crippen molar-refractivity contribution in [1.29, 1.82) is 0 Å². The summed E-state index contributed by atoms with van der Waals surface area (Å²) < 4.78 is 0. The van der Waals surface area contributed by atoms with E-state index in [0.717, 1.165) is 6.04 Å². The number of nitrogens with one attached hydrogen (secondary N) is 1. The molecule has 0 aromatic carbocycles. The molecule has 0 aliphatic carbocycles. The Balaban J connectivity index is 1.91. The van der Waals surface area contributed by atoms with Crippen LogP contribution in [-0.4, -0.2) is 37.1 Å². The predicted octanol–water partition coefficient (Wildman–Crippen LogP) is 1.47. The van der Waals surface area contributed by atoms with Crippen LogP contribution in [-0.2, 0) is 0 Å². The van der Waals surface area contributed by atoms with Crippen LogP contribution >= 0.6 is 0 Å². The quantitative estimate of drug-likeness (QED) is 0.660. The first-order valence-corrected chi connectivity index (χ1v) is 5.62. The number of nitrogens with zero attached hydrogens (tertiary/aromatic N) is 1. The van der Waals surface area contributed by atoms with Crippen LogP contribution in [0.2, 0.25) is 0 Å². The minimum absolute atomic E-state index is 0.556. The molecule has 2 aliphatic rings. The van der Waals surface area contributed by atoms with Gasteiger partial charge in [-0.3, -0.25) is 4.90 Å². The third kappa shape index (κ3) is 2.23. The molecule has 1 atom stereocenters. The molecule has 0 radical (unpaired) electrons. The van der Waals surface area contributed by atoms with Crippen LogP contribution in [0, 0.1) is 5.41 Å². The van der Waals surface area contributed by atoms with Gasteiger partial charge in [0.05, 0.1) is 0 Å². The summed E-state index contributed by atoms with van der Waals surface area (Å²) in [5, 5.41) is 3.46. The Morgan fingerprint density at radius 2 is 2.23 bits per heavy atom. The topological polar surface area (TPSA) is 15.3 Å². The van der Waals surface area contributed by atoms with E-state index in [1.165, 1.54) is 45.4 Å². The van der Waals surface area contributed by atoms with Crippen molar-refractivity contribution in [2.75, 3.05) is 26.2 Å². The van der Waals surface area contributed by atoms with Crippen molar-refractivity contribution in [3.8, 4) is 0 Å². The Morgan fingerprint density at radius 1 is 1.38 bits per heavy atom. The molecule has 0 spiro atoms. The minimum atomic E-state index is 0.556. The summed E-state index contributed by atoms with van der Waals surface area (Å²) >= 11 is 0. The Hall–Kier alpha value is -0.0800. The minimum Gasteiger partial charge on any atom is -0.315 e. The van der Waals surface area contributed by atoms with Gasteiger partial charge < -0.3 is 5.32 Å². The third-order valence-corrected chi connectivity index (χ3v) is 3.48. The summed E-state index contributed by atoms with van der Waals surface area (Å²) in [7, 11) is 0. The first-order valence-electron chi connectivity index (χ1n) is 5.62. The van der Waals surface area contributed by atoms with E-state index in [9.17, 15) is 0 Å². The van der Waals surface area contributed by atoms with Crippen LogP contribution in [0.5, 0.6) is 0 Å². The van der Waals surface area contributed by atoms with Crippen molar-refractivity contribution >= 4 is 0 Å². The molecule has 2 saturated heterocycles. The van der Waals surface area contributed by atoms with Crippen molar-refractivity contribution in [2.45, 2.75) is 39.2 Å². The van der Waals surface area contributed by atoms with Gasteiger partial charge in [-0.25, -0.2) is 0 Å². The van der Waals surface area contributed by atoms with Crippen molar-refractivity contribution in [3.05, 3.63) is 0 Å². The van der Waals surface area contributed by atoms with Crippen molar-refractivity contribution < 1.29 is 0 Å². The second kappa shape index (κ2) is 3.58. The van der Waals surface area contributed by atoms with Crippen LogP contribution in [0.3, 0.4) is 0 Å². The van der Waals surface area contributed by atoms with Crippen molar-refractivity contribution in [3.63, 3.8) is 0 Å². The van der Waals surface area contributed by atoms with Gasteiger partial charge in [0.1, 0.15) is 0 Å². The van der Waals surface area contributed by atoms with Gasteiger partial charge in [0.2, 0.25) is 0 Å². The maximum atomic E-state index is 3.46. The smallest absolute Gasteiger partial charge is 0.0232 e. The van der Waals surface area contributed by atoms with Crippen LogP contribution in [0.15, 0.2) is 0 Å². The van der Waals surface area contributed by atoms with Gasteiger partial charge >= 0.3 is 0 Å². The van der Waals surface area contributed by atoms with Gasteiger partial charge in [-0.05, 0) is 37.8 Å². The number of rotatable bonds is 1. The largest absolute Gasteiger partial charge is 0.315 e. The lowest BCUT2D eigenvalue weighted by Crippen LogP contribution is -2.46. The standard InChI is InChI=1S/C11H22N2/c1-11(2)5-3-7-13(9-11)10-4-6-12-8-10/h10,12H,3-9H2,1-2H3. The second-order valence-corrected chi connectivity index (χ2v) is 5.38. The Bertz CT molecular complexity index is 171. The predicted molar refractivity (Wildman–Crippen MR) is 55.9 cm³/mol. The molecule has 1 N–H and O–H groups in total. The summed E-state index contributed by atoms with van der Waals surface area (Å²) in [4.78, 5) is 2.70. The van der Waals surface area contributed by atoms with E-state index < -0.39 is 0 Å². The Kier molecular flexibility index (Phi) is 2.61. The third-order valence-electron chi connectivity index (χ3n) is 3.48. The zero-order valence-electron chi connectivity index (χ0n) is 8.97. The summed E-state index contributed by atoms with van der Waals surface area (Å²) in [6.07, 6.45) is 4.16. The van der Waals surface area contributed by atoms with E-state index >= 15 is 0 Å².